The lowest BCUT2D eigenvalue weighted by Gasteiger charge is -2.06. The molecule has 0 aliphatic carbocycles. The van der Waals surface area contributed by atoms with Crippen LogP contribution in [0, 0.1) is 6.92 Å². The number of ketones is 1. The van der Waals surface area contributed by atoms with Gasteiger partial charge in [0.15, 0.2) is 5.78 Å². The summed E-state index contributed by atoms with van der Waals surface area (Å²) in [7, 11) is 0. The molecule has 0 saturated heterocycles. The van der Waals surface area contributed by atoms with Crippen LogP contribution in [0.4, 0.5) is 5.82 Å². The summed E-state index contributed by atoms with van der Waals surface area (Å²) < 4.78 is 5.20. The molecule has 2 rings (SSSR count). The molecule has 2 heterocycles. The Bertz CT molecular complexity index is 649. The number of aromatic nitrogens is 1. The number of pyridine rings is 1. The van der Waals surface area contributed by atoms with Gasteiger partial charge in [-0.2, -0.15) is 0 Å². The van der Waals surface area contributed by atoms with E-state index < -0.39 is 5.24 Å². The van der Waals surface area contributed by atoms with Gasteiger partial charge < -0.3 is 10.2 Å². The second kappa shape index (κ2) is 5.24. The van der Waals surface area contributed by atoms with Crippen LogP contribution >= 0.6 is 11.6 Å². The van der Waals surface area contributed by atoms with Crippen molar-refractivity contribution in [1.82, 2.24) is 4.98 Å². The topological polar surface area (TPSA) is 86.2 Å². The maximum Gasteiger partial charge on any atom is 0.256 e. The molecule has 2 aromatic heterocycles. The molecule has 2 N–H and O–H groups in total. The number of aryl methyl sites for hydroxylation is 1. The molecular formula is C13H11ClN2O3. The van der Waals surface area contributed by atoms with Gasteiger partial charge in [0.05, 0.1) is 18.2 Å². The van der Waals surface area contributed by atoms with Crippen LogP contribution in [0.1, 0.15) is 32.0 Å². The van der Waals surface area contributed by atoms with Crippen LogP contribution in [-0.2, 0) is 6.42 Å². The molecule has 0 atom stereocenters. The van der Waals surface area contributed by atoms with E-state index in [-0.39, 0.29) is 29.1 Å². The van der Waals surface area contributed by atoms with Crippen molar-refractivity contribution >= 4 is 28.4 Å². The van der Waals surface area contributed by atoms with Gasteiger partial charge in [-0.1, -0.05) is 0 Å². The first-order chi connectivity index (χ1) is 9.00. The molecule has 0 radical (unpaired) electrons. The van der Waals surface area contributed by atoms with Crippen molar-refractivity contribution in [2.24, 2.45) is 0 Å². The van der Waals surface area contributed by atoms with E-state index in [2.05, 4.69) is 4.98 Å². The highest BCUT2D eigenvalue weighted by molar-refractivity contribution is 6.68. The summed E-state index contributed by atoms with van der Waals surface area (Å²) >= 11 is 5.44. The summed E-state index contributed by atoms with van der Waals surface area (Å²) in [4.78, 5) is 27.3. The average Bonchev–Trinajstić information content (AvgIpc) is 2.74. The normalized spacial score (nSPS) is 10.4. The third-order valence-corrected chi connectivity index (χ3v) is 2.96. The van der Waals surface area contributed by atoms with E-state index in [1.807, 2.05) is 6.92 Å². The molecule has 19 heavy (non-hydrogen) atoms. The Labute approximate surface area is 114 Å². The fourth-order valence-electron chi connectivity index (χ4n) is 1.74. The van der Waals surface area contributed by atoms with Crippen LogP contribution in [-0.4, -0.2) is 16.0 Å². The Balaban J connectivity index is 2.37. The molecule has 0 bridgehead atoms. The van der Waals surface area contributed by atoms with Crippen LogP contribution in [0.5, 0.6) is 0 Å². The fraction of sp³-hybridized carbons (Fsp3) is 0.154. The Morgan fingerprint density at radius 2 is 2.16 bits per heavy atom. The number of nitrogens with zero attached hydrogens (tertiary/aromatic N) is 1. The van der Waals surface area contributed by atoms with Crippen molar-refractivity contribution < 1.29 is 14.0 Å². The highest BCUT2D eigenvalue weighted by Gasteiger charge is 2.20. The second-order valence-electron chi connectivity index (χ2n) is 4.02. The van der Waals surface area contributed by atoms with Crippen molar-refractivity contribution in [3.63, 3.8) is 0 Å². The minimum atomic E-state index is -0.801. The van der Waals surface area contributed by atoms with Gasteiger partial charge in [-0.3, -0.25) is 9.59 Å². The van der Waals surface area contributed by atoms with E-state index in [0.717, 1.165) is 5.56 Å². The van der Waals surface area contributed by atoms with Crippen LogP contribution < -0.4 is 5.73 Å². The maximum absolute atomic E-state index is 12.2. The van der Waals surface area contributed by atoms with Gasteiger partial charge in [-0.05, 0) is 36.2 Å². The summed E-state index contributed by atoms with van der Waals surface area (Å²) in [5.41, 5.74) is 6.54. The Morgan fingerprint density at radius 1 is 1.42 bits per heavy atom. The zero-order valence-electron chi connectivity index (χ0n) is 10.1. The first kappa shape index (κ1) is 13.3. The van der Waals surface area contributed by atoms with Gasteiger partial charge in [0.25, 0.3) is 5.24 Å². The molecular weight excluding hydrogens is 268 g/mol. The SMILES string of the molecule is Cc1ccoc1CC(=O)c1ccnc(N)c1C(=O)Cl. The lowest BCUT2D eigenvalue weighted by atomic mass is 10.0. The lowest BCUT2D eigenvalue weighted by molar-refractivity contribution is 0.0977. The largest absolute Gasteiger partial charge is 0.469 e. The van der Waals surface area contributed by atoms with Crippen LogP contribution in [0.2, 0.25) is 0 Å². The molecule has 0 aliphatic rings. The Kier molecular flexibility index (Phi) is 3.66. The summed E-state index contributed by atoms with van der Waals surface area (Å²) in [6, 6.07) is 3.18. The number of furan rings is 1. The first-order valence-electron chi connectivity index (χ1n) is 5.51. The quantitative estimate of drug-likeness (QED) is 0.685. The standard InChI is InChI=1S/C13H11ClN2O3/c1-7-3-5-19-10(7)6-9(17)8-2-4-16-13(15)11(8)12(14)18/h2-5H,6H2,1H3,(H2,15,16). The number of anilines is 1. The van der Waals surface area contributed by atoms with Gasteiger partial charge in [0.1, 0.15) is 11.6 Å². The fourth-order valence-corrected chi connectivity index (χ4v) is 1.94. The van der Waals surface area contributed by atoms with Crippen molar-refractivity contribution in [3.8, 4) is 0 Å². The highest BCUT2D eigenvalue weighted by Crippen LogP contribution is 2.20. The van der Waals surface area contributed by atoms with Crippen molar-refractivity contribution in [3.05, 3.63) is 47.0 Å². The molecule has 5 nitrogen and oxygen atoms in total. The number of carbonyl (C=O) groups excluding carboxylic acids is 2. The monoisotopic (exact) mass is 278 g/mol. The van der Waals surface area contributed by atoms with E-state index in [0.29, 0.717) is 5.76 Å². The first-order valence-corrected chi connectivity index (χ1v) is 5.89. The molecule has 6 heteroatoms. The third-order valence-electron chi connectivity index (χ3n) is 2.77. The Morgan fingerprint density at radius 3 is 2.74 bits per heavy atom. The number of nitrogens with two attached hydrogens (primary N) is 1. The second-order valence-corrected chi connectivity index (χ2v) is 4.36. The predicted molar refractivity (Wildman–Crippen MR) is 70.3 cm³/mol. The van der Waals surface area contributed by atoms with Crippen molar-refractivity contribution in [2.75, 3.05) is 5.73 Å². The van der Waals surface area contributed by atoms with Crippen molar-refractivity contribution in [1.29, 1.82) is 0 Å². The molecule has 0 spiro atoms. The zero-order chi connectivity index (χ0) is 14.0. The van der Waals surface area contributed by atoms with E-state index in [4.69, 9.17) is 21.8 Å². The number of rotatable bonds is 4. The number of carbonyl (C=O) groups is 2. The smallest absolute Gasteiger partial charge is 0.256 e. The minimum absolute atomic E-state index is 0.0411. The van der Waals surface area contributed by atoms with Gasteiger partial charge >= 0.3 is 0 Å². The number of nitrogen functional groups attached to an aromatic ring is 1. The predicted octanol–water partition coefficient (Wildman–Crippen LogP) is 2.37. The molecule has 0 saturated carbocycles. The number of hydrogen-bond donors (Lipinski definition) is 1. The van der Waals surface area contributed by atoms with Crippen molar-refractivity contribution in [2.45, 2.75) is 13.3 Å². The highest BCUT2D eigenvalue weighted by atomic mass is 35.5. The average molecular weight is 279 g/mol. The minimum Gasteiger partial charge on any atom is -0.469 e. The molecule has 0 aliphatic heterocycles. The summed E-state index contributed by atoms with van der Waals surface area (Å²) in [5, 5.41) is -0.801. The summed E-state index contributed by atoms with van der Waals surface area (Å²) in [6.07, 6.45) is 2.91. The molecule has 0 unspecified atom stereocenters. The van der Waals surface area contributed by atoms with E-state index in [9.17, 15) is 9.59 Å². The number of Topliss-reactive ketones (excluding diaryl/α,β-unsaturated/α-hetero) is 1. The number of halogens is 1. The van der Waals surface area contributed by atoms with Gasteiger partial charge in [0, 0.05) is 11.8 Å². The molecule has 0 aromatic carbocycles. The van der Waals surface area contributed by atoms with Crippen LogP contribution in [0.3, 0.4) is 0 Å². The zero-order valence-corrected chi connectivity index (χ0v) is 10.9. The lowest BCUT2D eigenvalue weighted by Crippen LogP contribution is -2.12. The number of hydrogen-bond acceptors (Lipinski definition) is 5. The maximum atomic E-state index is 12.2. The van der Waals surface area contributed by atoms with Gasteiger partial charge in [0.2, 0.25) is 0 Å². The molecule has 0 amide bonds. The van der Waals surface area contributed by atoms with Gasteiger partial charge in [-0.15, -0.1) is 0 Å². The Hall–Kier alpha value is -2.14. The van der Waals surface area contributed by atoms with E-state index in [1.165, 1.54) is 18.5 Å². The van der Waals surface area contributed by atoms with E-state index >= 15 is 0 Å². The summed E-state index contributed by atoms with van der Waals surface area (Å²) in [5.74, 6) is 0.200. The summed E-state index contributed by atoms with van der Waals surface area (Å²) in [6.45, 7) is 1.83. The molecule has 0 fully saturated rings. The third kappa shape index (κ3) is 2.66. The molecule has 2 aromatic rings. The van der Waals surface area contributed by atoms with E-state index in [1.54, 1.807) is 6.07 Å². The molecule has 98 valence electrons. The van der Waals surface area contributed by atoms with Gasteiger partial charge in [-0.25, -0.2) is 4.98 Å². The van der Waals surface area contributed by atoms with Crippen LogP contribution in [0.25, 0.3) is 0 Å². The van der Waals surface area contributed by atoms with Crippen LogP contribution in [0.15, 0.2) is 29.0 Å².